The molecular weight excluding hydrogens is 524 g/mol. The molecule has 0 spiro atoms. The first-order valence-corrected chi connectivity index (χ1v) is 13.6. The van der Waals surface area contributed by atoms with Crippen molar-refractivity contribution in [3.63, 3.8) is 0 Å². The van der Waals surface area contributed by atoms with E-state index < -0.39 is 5.25 Å². The van der Waals surface area contributed by atoms with E-state index in [9.17, 15) is 14.4 Å². The fourth-order valence-corrected chi connectivity index (χ4v) is 6.00. The average Bonchev–Trinajstić information content (AvgIpc) is 3.23. The second kappa shape index (κ2) is 12.4. The third-order valence-corrected chi connectivity index (χ3v) is 8.18. The van der Waals surface area contributed by atoms with Crippen LogP contribution >= 0.6 is 24.0 Å². The molecule has 0 saturated carbocycles. The number of ether oxygens (including phenoxy) is 3. The second-order valence-corrected chi connectivity index (χ2v) is 10.7. The number of methoxy groups -OCH3 is 3. The van der Waals surface area contributed by atoms with Gasteiger partial charge in [-0.2, -0.15) is 0 Å². The molecule has 2 aliphatic rings. The number of imide groups is 1. The summed E-state index contributed by atoms with van der Waals surface area (Å²) in [6.45, 7) is 1.79. The van der Waals surface area contributed by atoms with Crippen LogP contribution in [0.3, 0.4) is 0 Å². The standard InChI is InChI=1S/C28H30N2O6S2/c1-34-22-16-24(36-3)23(35-2)15-19(22)9-12-21(31)18-7-10-20(11-8-18)30-26(32)17-25(27(30)33)38-28(37)29-13-5-4-6-14-29/h7-12,15-16,25H,4-6,13-14,17H2,1-3H3/b12-9+. The zero-order valence-corrected chi connectivity index (χ0v) is 23.2. The molecule has 1 unspecified atom stereocenters. The van der Waals surface area contributed by atoms with Crippen molar-refractivity contribution in [3.05, 3.63) is 53.6 Å². The molecule has 2 aliphatic heterocycles. The summed E-state index contributed by atoms with van der Waals surface area (Å²) in [6, 6.07) is 9.85. The van der Waals surface area contributed by atoms with E-state index in [-0.39, 0.29) is 24.0 Å². The lowest BCUT2D eigenvalue weighted by molar-refractivity contribution is -0.121. The Kier molecular flexibility index (Phi) is 9.06. The minimum atomic E-state index is -0.530. The molecule has 2 amide bonds. The molecule has 8 nitrogen and oxygen atoms in total. The predicted octanol–water partition coefficient (Wildman–Crippen LogP) is 4.74. The number of thioether (sulfide) groups is 1. The van der Waals surface area contributed by atoms with Gasteiger partial charge >= 0.3 is 0 Å². The number of hydrogen-bond acceptors (Lipinski definition) is 8. The minimum Gasteiger partial charge on any atom is -0.496 e. The van der Waals surface area contributed by atoms with Gasteiger partial charge in [-0.1, -0.05) is 24.0 Å². The van der Waals surface area contributed by atoms with Gasteiger partial charge in [-0.3, -0.25) is 14.4 Å². The summed E-state index contributed by atoms with van der Waals surface area (Å²) >= 11 is 6.85. The SMILES string of the molecule is COc1cc(OC)c(OC)cc1/C=C/C(=O)c1ccc(N2C(=O)CC(SC(=S)N3CCCCC3)C2=O)cc1. The van der Waals surface area contributed by atoms with E-state index in [0.29, 0.717) is 38.4 Å². The molecule has 0 radical (unpaired) electrons. The van der Waals surface area contributed by atoms with Gasteiger partial charge in [-0.25, -0.2) is 4.90 Å². The molecule has 2 aromatic carbocycles. The highest BCUT2D eigenvalue weighted by Crippen LogP contribution is 2.35. The Morgan fingerprint density at radius 2 is 1.58 bits per heavy atom. The number of nitrogens with zero attached hydrogens (tertiary/aromatic N) is 2. The Bertz CT molecular complexity index is 1250. The maximum Gasteiger partial charge on any atom is 0.247 e. The Balaban J connectivity index is 1.43. The van der Waals surface area contributed by atoms with Gasteiger partial charge in [0.05, 0.1) is 27.0 Å². The zero-order valence-electron chi connectivity index (χ0n) is 21.6. The van der Waals surface area contributed by atoms with Crippen LogP contribution in [-0.2, 0) is 9.59 Å². The van der Waals surface area contributed by atoms with Gasteiger partial charge in [0.1, 0.15) is 15.3 Å². The summed E-state index contributed by atoms with van der Waals surface area (Å²) in [7, 11) is 4.60. The Morgan fingerprint density at radius 3 is 2.21 bits per heavy atom. The molecule has 0 bridgehead atoms. The van der Waals surface area contributed by atoms with E-state index in [1.165, 1.54) is 50.5 Å². The minimum absolute atomic E-state index is 0.105. The number of likely N-dealkylation sites (tertiary alicyclic amines) is 1. The first-order valence-electron chi connectivity index (χ1n) is 12.3. The van der Waals surface area contributed by atoms with Gasteiger partial charge in [0.2, 0.25) is 11.8 Å². The summed E-state index contributed by atoms with van der Waals surface area (Å²) in [4.78, 5) is 41.9. The highest BCUT2D eigenvalue weighted by Gasteiger charge is 2.41. The number of benzene rings is 2. The predicted molar refractivity (Wildman–Crippen MR) is 152 cm³/mol. The van der Waals surface area contributed by atoms with Crippen molar-refractivity contribution in [2.45, 2.75) is 30.9 Å². The maximum atomic E-state index is 13.1. The molecule has 10 heteroatoms. The number of thiocarbonyl (C=S) groups is 1. The summed E-state index contributed by atoms with van der Waals surface area (Å²) < 4.78 is 16.7. The molecule has 2 heterocycles. The molecule has 0 aliphatic carbocycles. The zero-order chi connectivity index (χ0) is 27.2. The average molecular weight is 555 g/mol. The number of ketones is 1. The molecule has 1 atom stereocenters. The van der Waals surface area contributed by atoms with E-state index in [4.69, 9.17) is 26.4 Å². The van der Waals surface area contributed by atoms with Gasteiger partial charge in [0.15, 0.2) is 17.3 Å². The van der Waals surface area contributed by atoms with Crippen molar-refractivity contribution >= 4 is 57.7 Å². The first-order chi connectivity index (χ1) is 18.4. The van der Waals surface area contributed by atoms with Crippen molar-refractivity contribution < 1.29 is 28.6 Å². The van der Waals surface area contributed by atoms with Crippen LogP contribution in [0.5, 0.6) is 17.2 Å². The van der Waals surface area contributed by atoms with Gasteiger partial charge in [-0.15, -0.1) is 0 Å². The highest BCUT2D eigenvalue weighted by molar-refractivity contribution is 8.23. The third kappa shape index (κ3) is 6.02. The molecule has 2 saturated heterocycles. The van der Waals surface area contributed by atoms with E-state index >= 15 is 0 Å². The summed E-state index contributed by atoms with van der Waals surface area (Å²) in [5.41, 5.74) is 1.50. The van der Waals surface area contributed by atoms with E-state index in [1.54, 1.807) is 42.5 Å². The van der Waals surface area contributed by atoms with Crippen LogP contribution in [0.15, 0.2) is 42.5 Å². The number of piperidine rings is 1. The van der Waals surface area contributed by atoms with Crippen LogP contribution in [0.4, 0.5) is 5.69 Å². The topological polar surface area (TPSA) is 85.4 Å². The van der Waals surface area contributed by atoms with Gasteiger partial charge in [-0.05, 0) is 61.7 Å². The number of carbonyl (C=O) groups excluding carboxylic acids is 3. The highest BCUT2D eigenvalue weighted by atomic mass is 32.2. The number of carbonyl (C=O) groups is 3. The molecule has 38 heavy (non-hydrogen) atoms. The van der Waals surface area contributed by atoms with E-state index in [0.717, 1.165) is 25.9 Å². The monoisotopic (exact) mass is 554 g/mol. The summed E-state index contributed by atoms with van der Waals surface area (Å²) in [5.74, 6) is 0.765. The fraction of sp³-hybridized carbons (Fsp3) is 0.357. The van der Waals surface area contributed by atoms with Gasteiger partial charge in [0.25, 0.3) is 0 Å². The van der Waals surface area contributed by atoms with E-state index in [2.05, 4.69) is 4.90 Å². The van der Waals surface area contributed by atoms with Crippen molar-refractivity contribution in [1.29, 1.82) is 0 Å². The Labute approximate surface area is 231 Å². The number of rotatable bonds is 8. The number of amides is 2. The second-order valence-electron chi connectivity index (χ2n) is 8.89. The normalized spacial score (nSPS) is 17.7. The third-order valence-electron chi connectivity index (χ3n) is 6.52. The van der Waals surface area contributed by atoms with Crippen molar-refractivity contribution in [1.82, 2.24) is 4.90 Å². The lowest BCUT2D eigenvalue weighted by atomic mass is 10.1. The fourth-order valence-electron chi connectivity index (χ4n) is 4.46. The quantitative estimate of drug-likeness (QED) is 0.199. The first kappa shape index (κ1) is 27.7. The lowest BCUT2D eigenvalue weighted by Gasteiger charge is -2.29. The van der Waals surface area contributed by atoms with Crippen molar-refractivity contribution in [2.75, 3.05) is 39.3 Å². The molecule has 2 fully saturated rings. The van der Waals surface area contributed by atoms with Gasteiger partial charge in [0, 0.05) is 36.7 Å². The summed E-state index contributed by atoms with van der Waals surface area (Å²) in [5, 5.41) is -0.530. The number of anilines is 1. The lowest BCUT2D eigenvalue weighted by Crippen LogP contribution is -2.35. The van der Waals surface area contributed by atoms with Crippen LogP contribution in [0.25, 0.3) is 6.08 Å². The van der Waals surface area contributed by atoms with Crippen LogP contribution in [-0.4, -0.2) is 66.5 Å². The Morgan fingerprint density at radius 1 is 0.947 bits per heavy atom. The largest absolute Gasteiger partial charge is 0.496 e. The maximum absolute atomic E-state index is 13.1. The number of allylic oxidation sites excluding steroid dienone is 1. The molecule has 200 valence electrons. The van der Waals surface area contributed by atoms with Crippen molar-refractivity contribution in [2.24, 2.45) is 0 Å². The van der Waals surface area contributed by atoms with Gasteiger partial charge < -0.3 is 19.1 Å². The molecule has 4 rings (SSSR count). The summed E-state index contributed by atoms with van der Waals surface area (Å²) in [6.07, 6.45) is 6.54. The molecule has 0 aromatic heterocycles. The molecule has 0 N–H and O–H groups in total. The molecular formula is C28H30N2O6S2. The van der Waals surface area contributed by atoms with E-state index in [1.807, 2.05) is 0 Å². The van der Waals surface area contributed by atoms with Crippen molar-refractivity contribution in [3.8, 4) is 17.2 Å². The number of hydrogen-bond donors (Lipinski definition) is 0. The smallest absolute Gasteiger partial charge is 0.247 e. The Hall–Kier alpha value is -3.37. The van der Waals surface area contributed by atoms with Crippen LogP contribution < -0.4 is 19.1 Å². The van der Waals surface area contributed by atoms with Crippen LogP contribution in [0.1, 0.15) is 41.6 Å². The van der Waals surface area contributed by atoms with Crippen LogP contribution in [0.2, 0.25) is 0 Å². The van der Waals surface area contributed by atoms with Crippen LogP contribution in [0, 0.1) is 0 Å². The molecule has 2 aromatic rings.